The Balaban J connectivity index is 1.95. The number of carbonyl (C=O) groups is 1. The molecule has 0 radical (unpaired) electrons. The zero-order chi connectivity index (χ0) is 21.6. The van der Waals surface area contributed by atoms with Gasteiger partial charge in [-0.3, -0.25) is 14.1 Å². The van der Waals surface area contributed by atoms with E-state index < -0.39 is 42.4 Å². The second-order valence-corrected chi connectivity index (χ2v) is 7.04. The normalized spacial score (nSPS) is 30.4. The number of fused-ring (bicyclic) bond motifs is 1. The summed E-state index contributed by atoms with van der Waals surface area (Å²) in [5, 5.41) is 20.9. The summed E-state index contributed by atoms with van der Waals surface area (Å²) < 4.78 is 26.6. The molecule has 0 spiro atoms. The van der Waals surface area contributed by atoms with Crippen LogP contribution in [0.15, 0.2) is 12.7 Å². The number of aliphatic hydroxyl groups excluding tert-OH is 2. The number of alkyl halides is 1. The van der Waals surface area contributed by atoms with Crippen molar-refractivity contribution in [3.63, 3.8) is 0 Å². The molecule has 0 aliphatic carbocycles. The number of nitrogen functional groups attached to an aromatic ring is 1. The molecule has 0 aromatic carbocycles. The van der Waals surface area contributed by atoms with Gasteiger partial charge in [-0.1, -0.05) is 13.8 Å². The van der Waals surface area contributed by atoms with Crippen molar-refractivity contribution >= 4 is 23.0 Å². The predicted octanol–water partition coefficient (Wildman–Crippen LogP) is -1.36. The van der Waals surface area contributed by atoms with Crippen molar-refractivity contribution in [2.45, 2.75) is 43.7 Å². The molecule has 1 aliphatic rings. The molecule has 1 fully saturated rings. The van der Waals surface area contributed by atoms with Crippen LogP contribution in [0.2, 0.25) is 0 Å². The molecule has 0 bridgehead atoms. The van der Waals surface area contributed by atoms with Crippen LogP contribution in [-0.4, -0.2) is 66.4 Å². The first-order valence-corrected chi connectivity index (χ1v) is 8.66. The number of anilines is 1. The summed E-state index contributed by atoms with van der Waals surface area (Å²) in [5.74, 6) is -2.01. The lowest BCUT2D eigenvalue weighted by Crippen LogP contribution is -2.46. The van der Waals surface area contributed by atoms with Gasteiger partial charge in [0.25, 0.3) is 5.85 Å². The van der Waals surface area contributed by atoms with Gasteiger partial charge in [0.1, 0.15) is 36.4 Å². The second kappa shape index (κ2) is 7.20. The molecular weight excluding hydrogens is 387 g/mol. The molecule has 1 saturated heterocycles. The third-order valence-electron chi connectivity index (χ3n) is 4.80. The van der Waals surface area contributed by atoms with Gasteiger partial charge in [-0.25, -0.2) is 19.3 Å². The summed E-state index contributed by atoms with van der Waals surface area (Å²) in [5.41, 5.74) is 9.33. The van der Waals surface area contributed by atoms with Crippen LogP contribution in [0.1, 0.15) is 13.8 Å². The average molecular weight is 408 g/mol. The number of imidazole rings is 1. The van der Waals surface area contributed by atoms with E-state index in [9.17, 15) is 15.0 Å². The van der Waals surface area contributed by atoms with Crippen molar-refractivity contribution in [2.24, 2.45) is 11.7 Å². The largest absolute Gasteiger partial charge is 0.458 e. The number of terminal acetylenes is 1. The summed E-state index contributed by atoms with van der Waals surface area (Å²) in [4.78, 5) is 23.7. The van der Waals surface area contributed by atoms with E-state index in [2.05, 4.69) is 20.9 Å². The van der Waals surface area contributed by atoms with Gasteiger partial charge in [0.2, 0.25) is 5.72 Å². The molecule has 3 rings (SSSR count). The first-order chi connectivity index (χ1) is 13.6. The van der Waals surface area contributed by atoms with Gasteiger partial charge in [-0.15, -0.1) is 6.42 Å². The van der Waals surface area contributed by atoms with E-state index in [1.165, 1.54) is 0 Å². The summed E-state index contributed by atoms with van der Waals surface area (Å²) in [6.07, 6.45) is 3.68. The topological polar surface area (TPSA) is 172 Å². The van der Waals surface area contributed by atoms with Crippen LogP contribution in [0.5, 0.6) is 0 Å². The van der Waals surface area contributed by atoms with Crippen LogP contribution >= 0.6 is 0 Å². The second-order valence-electron chi connectivity index (χ2n) is 7.04. The van der Waals surface area contributed by atoms with E-state index in [1.807, 2.05) is 0 Å². The number of rotatable bonds is 5. The minimum absolute atomic E-state index is 0.0251. The highest BCUT2D eigenvalue weighted by Gasteiger charge is 2.65. The molecular formula is C17H21FN6O5. The Bertz CT molecular complexity index is 977. The van der Waals surface area contributed by atoms with Crippen molar-refractivity contribution < 1.29 is 28.9 Å². The summed E-state index contributed by atoms with van der Waals surface area (Å²) in [6.45, 7) is 2.32. The van der Waals surface area contributed by atoms with Crippen molar-refractivity contribution in [3.05, 3.63) is 12.7 Å². The number of carbonyl (C=O) groups excluding carboxylic acids is 1. The van der Waals surface area contributed by atoms with Crippen LogP contribution in [0.25, 0.3) is 11.2 Å². The van der Waals surface area contributed by atoms with Crippen LogP contribution in [0.4, 0.5) is 10.2 Å². The third kappa shape index (κ3) is 3.18. The van der Waals surface area contributed by atoms with E-state index in [0.717, 1.165) is 17.2 Å². The molecule has 1 aliphatic heterocycles. The quantitative estimate of drug-likeness (QED) is 0.342. The standard InChI is InChI=1S/C17H21FN6O5/c1-4-17(24-7-23-10-13(20)21-6-22-14(10)24)12(26)11(25)16(18,29-17)5-28-15(27)9(19)8(2)3/h1,6-9,11-12,25-26H,5,19H2,2-3H3,(H2,20,21,22)/t9-,11-,12+,16+,17+/m0/s1. The Kier molecular flexibility index (Phi) is 5.18. The van der Waals surface area contributed by atoms with Crippen LogP contribution in [-0.2, 0) is 20.0 Å². The number of halogens is 1. The highest BCUT2D eigenvalue weighted by molar-refractivity contribution is 5.81. The highest BCUT2D eigenvalue weighted by Crippen LogP contribution is 2.44. The van der Waals surface area contributed by atoms with Gasteiger partial charge in [-0.2, -0.15) is 0 Å². The number of aliphatic hydroxyl groups is 2. The molecule has 12 heteroatoms. The number of hydrogen-bond donors (Lipinski definition) is 4. The van der Waals surface area contributed by atoms with Gasteiger partial charge in [0.15, 0.2) is 18.1 Å². The molecule has 156 valence electrons. The molecule has 5 atom stereocenters. The van der Waals surface area contributed by atoms with Crippen molar-refractivity contribution in [1.29, 1.82) is 0 Å². The highest BCUT2D eigenvalue weighted by atomic mass is 19.2. The Morgan fingerprint density at radius 1 is 1.45 bits per heavy atom. The lowest BCUT2D eigenvalue weighted by Gasteiger charge is -2.28. The molecule has 0 unspecified atom stereocenters. The lowest BCUT2D eigenvalue weighted by atomic mass is 10.0. The van der Waals surface area contributed by atoms with Crippen molar-refractivity contribution in [1.82, 2.24) is 19.5 Å². The number of esters is 1. The monoisotopic (exact) mass is 408 g/mol. The van der Waals surface area contributed by atoms with Gasteiger partial charge in [0.05, 0.1) is 0 Å². The molecule has 29 heavy (non-hydrogen) atoms. The van der Waals surface area contributed by atoms with Crippen LogP contribution in [0.3, 0.4) is 0 Å². The van der Waals surface area contributed by atoms with Gasteiger partial charge < -0.3 is 26.4 Å². The summed E-state index contributed by atoms with van der Waals surface area (Å²) >= 11 is 0. The number of aromatic nitrogens is 4. The minimum Gasteiger partial charge on any atom is -0.458 e. The maximum Gasteiger partial charge on any atom is 0.323 e. The maximum atomic E-state index is 15.4. The fourth-order valence-electron chi connectivity index (χ4n) is 2.95. The van der Waals surface area contributed by atoms with Crippen molar-refractivity contribution in [3.8, 4) is 12.3 Å². The van der Waals surface area contributed by atoms with E-state index >= 15 is 4.39 Å². The molecule has 3 heterocycles. The number of hydrogen-bond acceptors (Lipinski definition) is 10. The average Bonchev–Trinajstić information content (AvgIpc) is 3.21. The van der Waals surface area contributed by atoms with E-state index in [-0.39, 0.29) is 22.9 Å². The summed E-state index contributed by atoms with van der Waals surface area (Å²) in [7, 11) is 0. The van der Waals surface area contributed by atoms with Crippen molar-refractivity contribution in [2.75, 3.05) is 12.3 Å². The first kappa shape index (κ1) is 20.9. The Labute approximate surface area is 164 Å². The fraction of sp³-hybridized carbons (Fsp3) is 0.529. The van der Waals surface area contributed by atoms with E-state index in [4.69, 9.17) is 27.4 Å². The smallest absolute Gasteiger partial charge is 0.323 e. The van der Waals surface area contributed by atoms with Crippen LogP contribution < -0.4 is 11.5 Å². The van der Waals surface area contributed by atoms with E-state index in [1.54, 1.807) is 13.8 Å². The number of nitrogens with two attached hydrogens (primary N) is 2. The van der Waals surface area contributed by atoms with Gasteiger partial charge in [-0.05, 0) is 11.8 Å². The van der Waals surface area contributed by atoms with Crippen LogP contribution in [0, 0.1) is 18.3 Å². The van der Waals surface area contributed by atoms with Gasteiger partial charge >= 0.3 is 5.97 Å². The molecule has 11 nitrogen and oxygen atoms in total. The summed E-state index contributed by atoms with van der Waals surface area (Å²) in [6, 6.07) is -1.00. The molecule has 2 aromatic heterocycles. The molecule has 6 N–H and O–H groups in total. The predicted molar refractivity (Wildman–Crippen MR) is 97.3 cm³/mol. The first-order valence-electron chi connectivity index (χ1n) is 8.66. The minimum atomic E-state index is -3.02. The molecule has 0 saturated carbocycles. The lowest BCUT2D eigenvalue weighted by molar-refractivity contribution is -0.232. The van der Waals surface area contributed by atoms with Gasteiger partial charge in [0, 0.05) is 0 Å². The Morgan fingerprint density at radius 3 is 2.76 bits per heavy atom. The maximum absolute atomic E-state index is 15.4. The molecule has 0 amide bonds. The number of nitrogens with zero attached hydrogens (tertiary/aromatic N) is 4. The Hall–Kier alpha value is -2.85. The number of ether oxygens (including phenoxy) is 2. The molecule has 2 aromatic rings. The fourth-order valence-corrected chi connectivity index (χ4v) is 2.95. The SMILES string of the molecule is C#C[C@@]1(n2cnc3c(N)ncnc32)O[C@](F)(COC(=O)[C@@H](N)C(C)C)[C@@H](O)[C@H]1O. The zero-order valence-corrected chi connectivity index (χ0v) is 15.7. The Morgan fingerprint density at radius 2 is 2.14 bits per heavy atom. The van der Waals surface area contributed by atoms with E-state index in [0.29, 0.717) is 0 Å². The third-order valence-corrected chi connectivity index (χ3v) is 4.80. The zero-order valence-electron chi connectivity index (χ0n) is 15.7.